The van der Waals surface area contributed by atoms with Gasteiger partial charge in [-0.25, -0.2) is 9.78 Å². The lowest BCUT2D eigenvalue weighted by Gasteiger charge is -2.30. The Balaban J connectivity index is 1.94. The molecule has 1 amide bonds. The second-order valence-electron chi connectivity index (χ2n) is 6.43. The maximum atomic E-state index is 12.2. The summed E-state index contributed by atoms with van der Waals surface area (Å²) < 4.78 is 5.43. The average molecular weight is 350 g/mol. The van der Waals surface area contributed by atoms with Crippen molar-refractivity contribution in [2.45, 2.75) is 39.3 Å². The predicted octanol–water partition coefficient (Wildman–Crippen LogP) is 4.11. The molecule has 5 nitrogen and oxygen atoms in total. The molecule has 2 aromatic heterocycles. The number of nitriles is 1. The second-order valence-corrected chi connectivity index (χ2v) is 7.90. The van der Waals surface area contributed by atoms with Crippen LogP contribution in [0.15, 0.2) is 6.20 Å². The highest BCUT2D eigenvalue weighted by Crippen LogP contribution is 2.39. The van der Waals surface area contributed by atoms with E-state index < -0.39 is 5.60 Å². The number of pyridine rings is 1. The van der Waals surface area contributed by atoms with Gasteiger partial charge in [0.15, 0.2) is 0 Å². The highest BCUT2D eigenvalue weighted by atomic mass is 35.5. The van der Waals surface area contributed by atoms with E-state index in [1.54, 1.807) is 4.90 Å². The summed E-state index contributed by atoms with van der Waals surface area (Å²) in [5, 5.41) is 10.4. The minimum atomic E-state index is -0.510. The van der Waals surface area contributed by atoms with E-state index in [-0.39, 0.29) is 6.09 Å². The topological polar surface area (TPSA) is 66.2 Å². The first-order valence-electron chi connectivity index (χ1n) is 7.27. The summed E-state index contributed by atoms with van der Waals surface area (Å²) in [6, 6.07) is 2.06. The largest absolute Gasteiger partial charge is 0.444 e. The first-order valence-corrected chi connectivity index (χ1v) is 8.46. The average Bonchev–Trinajstić information content (AvgIpc) is 2.84. The van der Waals surface area contributed by atoms with Gasteiger partial charge >= 0.3 is 6.09 Å². The molecule has 0 unspecified atom stereocenters. The first kappa shape index (κ1) is 16.0. The highest BCUT2D eigenvalue weighted by Gasteiger charge is 2.29. The van der Waals surface area contributed by atoms with Gasteiger partial charge < -0.3 is 9.64 Å². The van der Waals surface area contributed by atoms with E-state index in [2.05, 4.69) is 11.1 Å². The van der Waals surface area contributed by atoms with Crippen LogP contribution in [0.2, 0.25) is 5.02 Å². The van der Waals surface area contributed by atoms with E-state index in [0.717, 1.165) is 20.7 Å². The van der Waals surface area contributed by atoms with E-state index in [9.17, 15) is 4.79 Å². The van der Waals surface area contributed by atoms with Crippen LogP contribution in [0.4, 0.5) is 4.79 Å². The lowest BCUT2D eigenvalue weighted by molar-refractivity contribution is 0.0227. The fourth-order valence-corrected chi connectivity index (χ4v) is 4.15. The highest BCUT2D eigenvalue weighted by molar-refractivity contribution is 7.19. The van der Waals surface area contributed by atoms with E-state index >= 15 is 0 Å². The Morgan fingerprint density at radius 3 is 2.91 bits per heavy atom. The molecule has 0 saturated heterocycles. The fraction of sp³-hybridized carbons (Fsp3) is 0.438. The van der Waals surface area contributed by atoms with Gasteiger partial charge in [0, 0.05) is 23.0 Å². The van der Waals surface area contributed by atoms with Crippen LogP contribution in [0.1, 0.15) is 36.8 Å². The summed E-state index contributed by atoms with van der Waals surface area (Å²) in [4.78, 5) is 20.1. The van der Waals surface area contributed by atoms with Crippen LogP contribution in [0.3, 0.4) is 0 Å². The number of carbonyl (C=O) groups is 1. The lowest BCUT2D eigenvalue weighted by Crippen LogP contribution is -2.39. The number of rotatable bonds is 0. The van der Waals surface area contributed by atoms with Crippen molar-refractivity contribution in [3.8, 4) is 6.07 Å². The summed E-state index contributed by atoms with van der Waals surface area (Å²) >= 11 is 7.86. The van der Waals surface area contributed by atoms with Crippen LogP contribution in [-0.2, 0) is 17.7 Å². The number of carbonyl (C=O) groups excluding carboxylic acids is 1. The molecule has 0 radical (unpaired) electrons. The van der Waals surface area contributed by atoms with Crippen molar-refractivity contribution in [3.05, 3.63) is 27.2 Å². The molecule has 120 valence electrons. The van der Waals surface area contributed by atoms with Gasteiger partial charge in [0.05, 0.1) is 17.1 Å². The van der Waals surface area contributed by atoms with Gasteiger partial charge in [-0.05, 0) is 32.8 Å². The smallest absolute Gasteiger partial charge is 0.410 e. The maximum Gasteiger partial charge on any atom is 0.410 e. The van der Waals surface area contributed by atoms with Crippen LogP contribution in [-0.4, -0.2) is 28.1 Å². The molecule has 1 aliphatic rings. The number of nitrogens with zero attached hydrogens (tertiary/aromatic N) is 3. The molecule has 0 aromatic carbocycles. The van der Waals surface area contributed by atoms with Crippen molar-refractivity contribution in [2.24, 2.45) is 0 Å². The molecule has 23 heavy (non-hydrogen) atoms. The van der Waals surface area contributed by atoms with Gasteiger partial charge in [-0.1, -0.05) is 11.6 Å². The molecule has 7 heteroatoms. The van der Waals surface area contributed by atoms with Crippen LogP contribution in [0.5, 0.6) is 0 Å². The van der Waals surface area contributed by atoms with Crippen molar-refractivity contribution in [3.63, 3.8) is 0 Å². The minimum Gasteiger partial charge on any atom is -0.444 e. The minimum absolute atomic E-state index is 0.308. The summed E-state index contributed by atoms with van der Waals surface area (Å²) in [5.41, 5.74) is 0.970. The third-order valence-electron chi connectivity index (χ3n) is 3.58. The third-order valence-corrected chi connectivity index (χ3v) is 5.09. The van der Waals surface area contributed by atoms with Gasteiger partial charge in [0.1, 0.15) is 16.5 Å². The van der Waals surface area contributed by atoms with E-state index in [0.29, 0.717) is 30.1 Å². The zero-order valence-electron chi connectivity index (χ0n) is 13.1. The number of ether oxygens (including phenoxy) is 1. The normalized spacial score (nSPS) is 14.5. The molecule has 0 atom stereocenters. The number of hydrogen-bond acceptors (Lipinski definition) is 5. The summed E-state index contributed by atoms with van der Waals surface area (Å²) in [6.07, 6.45) is 1.88. The van der Waals surface area contributed by atoms with Gasteiger partial charge in [-0.3, -0.25) is 0 Å². The molecule has 0 aliphatic carbocycles. The molecule has 0 bridgehead atoms. The van der Waals surface area contributed by atoms with Crippen molar-refractivity contribution < 1.29 is 9.53 Å². The number of halogens is 1. The van der Waals surface area contributed by atoms with Crippen LogP contribution >= 0.6 is 22.9 Å². The van der Waals surface area contributed by atoms with Gasteiger partial charge in [-0.2, -0.15) is 5.26 Å². The zero-order chi connectivity index (χ0) is 16.8. The standard InChI is InChI=1S/C16H16ClN3O2S/c1-16(2,3)22-15(21)20-5-4-10-11(8-20)23-14-12(10)13(17)9(6-18)7-19-14/h7H,4-5,8H2,1-3H3. The lowest BCUT2D eigenvalue weighted by atomic mass is 10.0. The number of hydrogen-bond donors (Lipinski definition) is 0. The summed E-state index contributed by atoms with van der Waals surface area (Å²) in [6.45, 7) is 6.62. The van der Waals surface area contributed by atoms with Crippen LogP contribution < -0.4 is 0 Å². The molecule has 3 heterocycles. The Morgan fingerprint density at radius 2 is 2.26 bits per heavy atom. The number of thiophene rings is 1. The third kappa shape index (κ3) is 2.99. The Morgan fingerprint density at radius 1 is 1.52 bits per heavy atom. The molecule has 0 saturated carbocycles. The van der Waals surface area contributed by atoms with Gasteiger partial charge in [-0.15, -0.1) is 11.3 Å². The van der Waals surface area contributed by atoms with Crippen molar-refractivity contribution in [2.75, 3.05) is 6.54 Å². The molecule has 1 aliphatic heterocycles. The Hall–Kier alpha value is -1.84. The van der Waals surface area contributed by atoms with Crippen molar-refractivity contribution in [1.29, 1.82) is 5.26 Å². The summed E-state index contributed by atoms with van der Waals surface area (Å²) in [5.74, 6) is 0. The number of fused-ring (bicyclic) bond motifs is 3. The Bertz CT molecular complexity index is 832. The molecular weight excluding hydrogens is 334 g/mol. The van der Waals surface area contributed by atoms with E-state index in [1.165, 1.54) is 17.5 Å². The van der Waals surface area contributed by atoms with Crippen molar-refractivity contribution >= 4 is 39.2 Å². The molecule has 2 aromatic rings. The van der Waals surface area contributed by atoms with E-state index in [4.69, 9.17) is 21.6 Å². The van der Waals surface area contributed by atoms with Crippen LogP contribution in [0, 0.1) is 11.3 Å². The predicted molar refractivity (Wildman–Crippen MR) is 89.7 cm³/mol. The fourth-order valence-electron chi connectivity index (χ4n) is 2.58. The van der Waals surface area contributed by atoms with Gasteiger partial charge in [0.25, 0.3) is 0 Å². The molecule has 3 rings (SSSR count). The Labute approximate surface area is 143 Å². The van der Waals surface area contributed by atoms with Gasteiger partial charge in [0.2, 0.25) is 0 Å². The molecule has 0 N–H and O–H groups in total. The second kappa shape index (κ2) is 5.66. The SMILES string of the molecule is CC(C)(C)OC(=O)N1CCc2c(sc3ncc(C#N)c(Cl)c23)C1. The monoisotopic (exact) mass is 349 g/mol. The van der Waals surface area contributed by atoms with E-state index in [1.807, 2.05) is 20.8 Å². The van der Waals surface area contributed by atoms with Crippen LogP contribution in [0.25, 0.3) is 10.2 Å². The quantitative estimate of drug-likeness (QED) is 0.717. The maximum absolute atomic E-state index is 12.2. The zero-order valence-corrected chi connectivity index (χ0v) is 14.7. The summed E-state index contributed by atoms with van der Waals surface area (Å²) in [7, 11) is 0. The number of amides is 1. The molecular formula is C16H16ClN3O2S. The first-order chi connectivity index (χ1) is 10.8. The van der Waals surface area contributed by atoms with Crippen molar-refractivity contribution in [1.82, 2.24) is 9.88 Å². The Kier molecular flexibility index (Phi) is 3.95. The molecule has 0 spiro atoms. The number of aromatic nitrogens is 1. The molecule has 0 fully saturated rings.